The van der Waals surface area contributed by atoms with Crippen LogP contribution in [0.2, 0.25) is 13.3 Å². The van der Waals surface area contributed by atoms with Crippen molar-refractivity contribution in [2.24, 2.45) is 5.92 Å². The van der Waals surface area contributed by atoms with Gasteiger partial charge in [-0.1, -0.05) is 0 Å². The number of aliphatic hydroxyl groups is 1. The van der Waals surface area contributed by atoms with Gasteiger partial charge in [0.25, 0.3) is 0 Å². The van der Waals surface area contributed by atoms with Gasteiger partial charge in [0.05, 0.1) is 0 Å². The molecule has 1 atom stereocenters. The standard InChI is InChI=1S/C5H11O.3C4H9.Sn/c1-5(2)3-4-6;3*1-3-4-2;/h4-6H,3H2,1-2H3;3*1,3-4H2,2H3;. The first-order valence-corrected chi connectivity index (χ1v) is 16.4. The topological polar surface area (TPSA) is 20.2 Å². The van der Waals surface area contributed by atoms with Crippen molar-refractivity contribution in [1.29, 1.82) is 0 Å². The molecule has 1 unspecified atom stereocenters. The van der Waals surface area contributed by atoms with Crippen LogP contribution in [0.4, 0.5) is 0 Å². The summed E-state index contributed by atoms with van der Waals surface area (Å²) in [6, 6.07) is 0. The van der Waals surface area contributed by atoms with Gasteiger partial charge in [0.2, 0.25) is 0 Å². The van der Waals surface area contributed by atoms with E-state index in [9.17, 15) is 5.11 Å². The van der Waals surface area contributed by atoms with Gasteiger partial charge in [-0.05, 0) is 0 Å². The van der Waals surface area contributed by atoms with E-state index in [4.69, 9.17) is 0 Å². The molecule has 0 aliphatic rings. The predicted octanol–water partition coefficient (Wildman–Crippen LogP) is 5.78. The fraction of sp³-hybridized carbons (Fsp3) is 1.00. The Morgan fingerprint density at radius 2 is 1.16 bits per heavy atom. The summed E-state index contributed by atoms with van der Waals surface area (Å²) in [5.74, 6) is 0.649. The molecular weight excluding hydrogens is 339 g/mol. The molecule has 0 rings (SSSR count). The molecule has 0 aromatic heterocycles. The minimum absolute atomic E-state index is 0.110. The summed E-state index contributed by atoms with van der Waals surface area (Å²) in [6.07, 6.45) is 9.03. The van der Waals surface area contributed by atoms with Crippen LogP contribution in [-0.4, -0.2) is 27.6 Å². The second kappa shape index (κ2) is 11.4. The number of aliphatic hydroxyl groups excluding tert-OH is 1. The molecule has 19 heavy (non-hydrogen) atoms. The fourth-order valence-corrected chi connectivity index (χ4v) is 20.0. The number of hydrogen-bond acceptors (Lipinski definition) is 1. The van der Waals surface area contributed by atoms with Gasteiger partial charge in [-0.3, -0.25) is 0 Å². The summed E-state index contributed by atoms with van der Waals surface area (Å²) in [5, 5.41) is 10.9. The van der Waals surface area contributed by atoms with Crippen molar-refractivity contribution in [1.82, 2.24) is 0 Å². The van der Waals surface area contributed by atoms with Crippen molar-refractivity contribution in [3.05, 3.63) is 0 Å². The molecule has 0 bridgehead atoms. The zero-order valence-corrected chi connectivity index (χ0v) is 17.0. The molecule has 1 N–H and O–H groups in total. The zero-order chi connectivity index (χ0) is 14.7. The first-order valence-electron chi connectivity index (χ1n) is 8.70. The van der Waals surface area contributed by atoms with Gasteiger partial charge in [0.15, 0.2) is 0 Å². The Bertz CT molecular complexity index is 182. The van der Waals surface area contributed by atoms with E-state index in [2.05, 4.69) is 34.6 Å². The van der Waals surface area contributed by atoms with Crippen molar-refractivity contribution in [2.75, 3.05) is 0 Å². The van der Waals surface area contributed by atoms with Crippen LogP contribution in [0.3, 0.4) is 0 Å². The van der Waals surface area contributed by atoms with Gasteiger partial charge in [-0.2, -0.15) is 0 Å². The molecule has 2 heteroatoms. The van der Waals surface area contributed by atoms with Gasteiger partial charge in [-0.25, -0.2) is 0 Å². The third-order valence-corrected chi connectivity index (χ3v) is 20.7. The molecule has 0 saturated carbocycles. The number of unbranched alkanes of at least 4 members (excludes halogenated alkanes) is 3. The van der Waals surface area contributed by atoms with Gasteiger partial charge in [0.1, 0.15) is 0 Å². The zero-order valence-electron chi connectivity index (χ0n) is 14.2. The number of hydrogen-bond donors (Lipinski definition) is 1. The van der Waals surface area contributed by atoms with Crippen molar-refractivity contribution in [3.63, 3.8) is 0 Å². The molecule has 0 aromatic carbocycles. The van der Waals surface area contributed by atoms with E-state index in [1.807, 2.05) is 0 Å². The van der Waals surface area contributed by atoms with E-state index in [-0.39, 0.29) is 4.12 Å². The van der Waals surface area contributed by atoms with E-state index in [1.54, 1.807) is 0 Å². The van der Waals surface area contributed by atoms with Crippen molar-refractivity contribution in [2.45, 2.75) is 97.0 Å². The Balaban J connectivity index is 4.84. The molecule has 0 saturated heterocycles. The molecule has 1 nitrogen and oxygen atoms in total. The first-order chi connectivity index (χ1) is 9.02. The molecule has 0 spiro atoms. The molecule has 0 heterocycles. The summed E-state index contributed by atoms with van der Waals surface area (Å²) < 4.78 is 4.40. The summed E-state index contributed by atoms with van der Waals surface area (Å²) in [5.41, 5.74) is 0. The van der Waals surface area contributed by atoms with E-state index >= 15 is 0 Å². The van der Waals surface area contributed by atoms with Crippen LogP contribution >= 0.6 is 0 Å². The van der Waals surface area contributed by atoms with E-state index in [0.717, 1.165) is 6.42 Å². The van der Waals surface area contributed by atoms with Crippen LogP contribution in [0.15, 0.2) is 0 Å². The molecule has 116 valence electrons. The third kappa shape index (κ3) is 7.94. The number of rotatable bonds is 12. The molecule has 0 aromatic rings. The molecular formula is C17H38OSn. The predicted molar refractivity (Wildman–Crippen MR) is 90.4 cm³/mol. The molecule has 0 aliphatic carbocycles. The molecule has 0 fully saturated rings. The molecule has 0 radical (unpaired) electrons. The Labute approximate surface area is 126 Å². The van der Waals surface area contributed by atoms with E-state index in [1.165, 1.54) is 51.8 Å². The summed E-state index contributed by atoms with van der Waals surface area (Å²) in [7, 11) is 0. The summed E-state index contributed by atoms with van der Waals surface area (Å²) in [6.45, 7) is 11.4. The van der Waals surface area contributed by atoms with Gasteiger partial charge < -0.3 is 0 Å². The van der Waals surface area contributed by atoms with E-state index in [0.29, 0.717) is 5.92 Å². The van der Waals surface area contributed by atoms with Crippen LogP contribution in [0.25, 0.3) is 0 Å². The normalized spacial score (nSPS) is 14.1. The van der Waals surface area contributed by atoms with Crippen LogP contribution in [-0.2, 0) is 0 Å². The Morgan fingerprint density at radius 1 is 0.789 bits per heavy atom. The van der Waals surface area contributed by atoms with Crippen molar-refractivity contribution in [3.8, 4) is 0 Å². The third-order valence-electron chi connectivity index (χ3n) is 4.49. The monoisotopic (exact) mass is 378 g/mol. The van der Waals surface area contributed by atoms with Gasteiger partial charge >= 0.3 is 126 Å². The summed E-state index contributed by atoms with van der Waals surface area (Å²) >= 11 is -2.32. The average molecular weight is 377 g/mol. The van der Waals surface area contributed by atoms with Crippen molar-refractivity contribution < 1.29 is 5.11 Å². The minimum atomic E-state index is -2.32. The van der Waals surface area contributed by atoms with Crippen LogP contribution < -0.4 is 0 Å². The molecule has 0 amide bonds. The average Bonchev–Trinajstić information content (AvgIpc) is 2.37. The maximum absolute atomic E-state index is 10.9. The molecule has 0 aliphatic heterocycles. The Morgan fingerprint density at radius 3 is 1.42 bits per heavy atom. The Hall–Kier alpha value is 0.759. The van der Waals surface area contributed by atoms with Crippen LogP contribution in [0, 0.1) is 5.92 Å². The first kappa shape index (κ1) is 19.8. The van der Waals surface area contributed by atoms with Crippen LogP contribution in [0.5, 0.6) is 0 Å². The fourth-order valence-electron chi connectivity index (χ4n) is 3.16. The Kier molecular flexibility index (Phi) is 11.9. The second-order valence-corrected chi connectivity index (χ2v) is 20.8. The SMILES string of the molecule is CCC[CH2][Sn]([CH2]CCC)([CH2]CCC)[CH](O)CC(C)C. The van der Waals surface area contributed by atoms with Gasteiger partial charge in [-0.15, -0.1) is 0 Å². The van der Waals surface area contributed by atoms with Crippen molar-refractivity contribution >= 4 is 18.4 Å². The summed E-state index contributed by atoms with van der Waals surface area (Å²) in [4.78, 5) is 0. The van der Waals surface area contributed by atoms with Crippen LogP contribution in [0.1, 0.15) is 79.6 Å². The van der Waals surface area contributed by atoms with Gasteiger partial charge in [0, 0.05) is 0 Å². The van der Waals surface area contributed by atoms with E-state index < -0.39 is 18.4 Å². The maximum atomic E-state index is 10.9. The second-order valence-electron chi connectivity index (χ2n) is 6.82. The quantitative estimate of drug-likeness (QED) is 0.428.